The van der Waals surface area contributed by atoms with E-state index in [0.717, 1.165) is 11.5 Å². The predicted molar refractivity (Wildman–Crippen MR) is 91.8 cm³/mol. The van der Waals surface area contributed by atoms with Crippen molar-refractivity contribution < 1.29 is 9.72 Å². The standard InChI is InChI=1S/C13H14ClN3O3S2/c1-13(21-4-5-22-13)7-12(18)16-15-8-9-2-3-10(14)11(6-9)17(19)20/h2-3,6,8H,4-5,7H2,1H3,(H,16,18)/b15-8-. The van der Waals surface area contributed by atoms with Crippen molar-refractivity contribution in [3.8, 4) is 0 Å². The van der Waals surface area contributed by atoms with Crippen LogP contribution < -0.4 is 5.43 Å². The summed E-state index contributed by atoms with van der Waals surface area (Å²) >= 11 is 9.27. The number of hydrogen-bond donors (Lipinski definition) is 1. The number of carbonyl (C=O) groups excluding carboxylic acids is 1. The molecule has 2 rings (SSSR count). The van der Waals surface area contributed by atoms with Crippen molar-refractivity contribution in [3.05, 3.63) is 38.9 Å². The number of rotatable bonds is 5. The van der Waals surface area contributed by atoms with Crippen molar-refractivity contribution in [2.24, 2.45) is 5.10 Å². The van der Waals surface area contributed by atoms with Gasteiger partial charge in [-0.05, 0) is 13.0 Å². The molecular weight excluding hydrogens is 346 g/mol. The van der Waals surface area contributed by atoms with Gasteiger partial charge in [0.25, 0.3) is 5.69 Å². The van der Waals surface area contributed by atoms with Gasteiger partial charge in [-0.1, -0.05) is 17.7 Å². The summed E-state index contributed by atoms with van der Waals surface area (Å²) in [5, 5.41) is 14.7. The lowest BCUT2D eigenvalue weighted by Crippen LogP contribution is -2.26. The Morgan fingerprint density at radius 1 is 1.55 bits per heavy atom. The van der Waals surface area contributed by atoms with E-state index in [9.17, 15) is 14.9 Å². The maximum atomic E-state index is 11.8. The van der Waals surface area contributed by atoms with Crippen molar-refractivity contribution in [2.75, 3.05) is 11.5 Å². The van der Waals surface area contributed by atoms with Gasteiger partial charge in [0, 0.05) is 23.1 Å². The number of amides is 1. The molecule has 0 atom stereocenters. The SMILES string of the molecule is CC1(CC(=O)N/N=C\c2ccc(Cl)c([N+](=O)[O-])c2)SCCS1. The summed E-state index contributed by atoms with van der Waals surface area (Å²) in [4.78, 5) is 22.1. The first-order valence-electron chi connectivity index (χ1n) is 6.43. The van der Waals surface area contributed by atoms with E-state index in [1.807, 2.05) is 6.92 Å². The van der Waals surface area contributed by atoms with Crippen LogP contribution in [0.1, 0.15) is 18.9 Å². The van der Waals surface area contributed by atoms with E-state index in [4.69, 9.17) is 11.6 Å². The van der Waals surface area contributed by atoms with Gasteiger partial charge in [0.15, 0.2) is 0 Å². The van der Waals surface area contributed by atoms with Crippen molar-refractivity contribution in [2.45, 2.75) is 17.4 Å². The van der Waals surface area contributed by atoms with Crippen molar-refractivity contribution in [1.29, 1.82) is 0 Å². The minimum Gasteiger partial charge on any atom is -0.273 e. The van der Waals surface area contributed by atoms with Gasteiger partial charge in [0.05, 0.1) is 21.6 Å². The lowest BCUT2D eigenvalue weighted by molar-refractivity contribution is -0.384. The van der Waals surface area contributed by atoms with E-state index < -0.39 is 4.92 Å². The first-order chi connectivity index (χ1) is 10.4. The smallest absolute Gasteiger partial charge is 0.273 e. The van der Waals surface area contributed by atoms with Gasteiger partial charge in [-0.25, -0.2) is 5.43 Å². The fourth-order valence-corrected chi connectivity index (χ4v) is 4.94. The average Bonchev–Trinajstić information content (AvgIpc) is 2.86. The molecule has 0 aromatic heterocycles. The number of nitrogens with zero attached hydrogens (tertiary/aromatic N) is 2. The average molecular weight is 360 g/mol. The Hall–Kier alpha value is -1.25. The topological polar surface area (TPSA) is 84.6 Å². The summed E-state index contributed by atoms with van der Waals surface area (Å²) in [6.07, 6.45) is 1.74. The van der Waals surface area contributed by atoms with Crippen LogP contribution in [0.25, 0.3) is 0 Å². The third-order valence-corrected chi connectivity index (χ3v) is 6.56. The Morgan fingerprint density at radius 2 is 2.23 bits per heavy atom. The van der Waals surface area contributed by atoms with Gasteiger partial charge < -0.3 is 0 Å². The molecule has 0 aliphatic carbocycles. The summed E-state index contributed by atoms with van der Waals surface area (Å²) in [5.74, 6) is 1.92. The van der Waals surface area contributed by atoms with Gasteiger partial charge in [-0.15, -0.1) is 23.5 Å². The van der Waals surface area contributed by atoms with Crippen LogP contribution in [0.3, 0.4) is 0 Å². The number of carbonyl (C=O) groups is 1. The maximum absolute atomic E-state index is 11.8. The molecule has 0 unspecified atom stereocenters. The highest BCUT2D eigenvalue weighted by molar-refractivity contribution is 8.21. The minimum absolute atomic E-state index is 0.0643. The molecule has 1 aromatic carbocycles. The quantitative estimate of drug-likeness (QED) is 0.495. The van der Waals surface area contributed by atoms with Crippen LogP contribution in [0.5, 0.6) is 0 Å². The number of nitrogens with one attached hydrogen (secondary N) is 1. The van der Waals surface area contributed by atoms with Crippen molar-refractivity contribution in [3.63, 3.8) is 0 Å². The van der Waals surface area contributed by atoms with Gasteiger partial charge in [-0.3, -0.25) is 14.9 Å². The van der Waals surface area contributed by atoms with Crippen LogP contribution in [-0.2, 0) is 4.79 Å². The molecule has 1 amide bonds. The summed E-state index contributed by atoms with van der Waals surface area (Å²) < 4.78 is -0.0985. The molecule has 0 bridgehead atoms. The number of hydrogen-bond acceptors (Lipinski definition) is 6. The molecule has 0 spiro atoms. The second-order valence-corrected chi connectivity index (χ2v) is 8.63. The molecule has 0 radical (unpaired) electrons. The van der Waals surface area contributed by atoms with Gasteiger partial charge in [0.2, 0.25) is 5.91 Å². The second kappa shape index (κ2) is 7.34. The highest BCUT2D eigenvalue weighted by Gasteiger charge is 2.32. The molecule has 22 heavy (non-hydrogen) atoms. The highest BCUT2D eigenvalue weighted by Crippen LogP contribution is 2.45. The molecule has 1 saturated heterocycles. The lowest BCUT2D eigenvalue weighted by atomic mass is 10.2. The maximum Gasteiger partial charge on any atom is 0.288 e. The number of thioether (sulfide) groups is 2. The summed E-state index contributed by atoms with van der Waals surface area (Å²) in [6, 6.07) is 4.33. The second-order valence-electron chi connectivity index (χ2n) is 4.77. The predicted octanol–water partition coefficient (Wildman–Crippen LogP) is 3.28. The molecule has 1 aromatic rings. The van der Waals surface area contributed by atoms with E-state index in [-0.39, 0.29) is 20.7 Å². The molecule has 118 valence electrons. The Balaban J connectivity index is 1.93. The zero-order valence-electron chi connectivity index (χ0n) is 11.7. The number of halogens is 1. The van der Waals surface area contributed by atoms with E-state index in [1.165, 1.54) is 18.3 Å². The van der Waals surface area contributed by atoms with Crippen LogP contribution in [0, 0.1) is 10.1 Å². The number of nitro benzene ring substituents is 1. The molecule has 1 heterocycles. The molecular formula is C13H14ClN3O3S2. The molecule has 1 fully saturated rings. The molecule has 1 N–H and O–H groups in total. The highest BCUT2D eigenvalue weighted by atomic mass is 35.5. The van der Waals surface area contributed by atoms with E-state index in [2.05, 4.69) is 10.5 Å². The number of nitro groups is 1. The van der Waals surface area contributed by atoms with Crippen LogP contribution in [0.2, 0.25) is 5.02 Å². The largest absolute Gasteiger partial charge is 0.288 e. The van der Waals surface area contributed by atoms with Crippen molar-refractivity contribution >= 4 is 52.9 Å². The fraction of sp³-hybridized carbons (Fsp3) is 0.385. The van der Waals surface area contributed by atoms with E-state index in [1.54, 1.807) is 29.6 Å². The lowest BCUT2D eigenvalue weighted by Gasteiger charge is -2.19. The Bertz CT molecular complexity index is 619. The van der Waals surface area contributed by atoms with Crippen molar-refractivity contribution in [1.82, 2.24) is 5.43 Å². The van der Waals surface area contributed by atoms with E-state index in [0.29, 0.717) is 12.0 Å². The molecule has 0 saturated carbocycles. The van der Waals surface area contributed by atoms with Crippen LogP contribution >= 0.6 is 35.1 Å². The zero-order valence-corrected chi connectivity index (χ0v) is 14.1. The van der Waals surface area contributed by atoms with Crippen LogP contribution in [-0.4, -0.2) is 32.6 Å². The zero-order chi connectivity index (χ0) is 16.2. The van der Waals surface area contributed by atoms with Gasteiger partial charge in [-0.2, -0.15) is 5.10 Å². The molecule has 1 aliphatic heterocycles. The Labute approximate surface area is 141 Å². The summed E-state index contributed by atoms with van der Waals surface area (Å²) in [6.45, 7) is 2.04. The monoisotopic (exact) mass is 359 g/mol. The molecule has 6 nitrogen and oxygen atoms in total. The van der Waals surface area contributed by atoms with Gasteiger partial charge >= 0.3 is 0 Å². The Kier molecular flexibility index (Phi) is 5.71. The van der Waals surface area contributed by atoms with E-state index >= 15 is 0 Å². The first-order valence-corrected chi connectivity index (χ1v) is 8.78. The van der Waals surface area contributed by atoms with Crippen LogP contribution in [0.4, 0.5) is 5.69 Å². The Morgan fingerprint density at radius 3 is 2.86 bits per heavy atom. The molecule has 1 aliphatic rings. The third kappa shape index (κ3) is 4.62. The first kappa shape index (κ1) is 17.1. The summed E-state index contributed by atoms with van der Waals surface area (Å²) in [5.41, 5.74) is 2.75. The summed E-state index contributed by atoms with van der Waals surface area (Å²) in [7, 11) is 0. The minimum atomic E-state index is -0.562. The van der Waals surface area contributed by atoms with Gasteiger partial charge in [0.1, 0.15) is 5.02 Å². The molecule has 9 heteroatoms. The third-order valence-electron chi connectivity index (χ3n) is 2.95. The normalized spacial score (nSPS) is 16.8. The number of benzene rings is 1. The fourth-order valence-electron chi connectivity index (χ4n) is 1.92. The number of hydrazone groups is 1. The van der Waals surface area contributed by atoms with Crippen LogP contribution in [0.15, 0.2) is 23.3 Å².